The molecule has 0 aliphatic carbocycles. The van der Waals surface area contributed by atoms with Crippen LogP contribution in [0.1, 0.15) is 31.2 Å². The molecule has 23 heavy (non-hydrogen) atoms. The number of rotatable bonds is 4. The zero-order chi connectivity index (χ0) is 15.6. The second-order valence-electron chi connectivity index (χ2n) is 7.36. The Labute approximate surface area is 138 Å². The fraction of sp³-hybridized carbons (Fsp3) is 0.684. The first-order valence-corrected chi connectivity index (χ1v) is 9.10. The first-order valence-electron chi connectivity index (χ1n) is 9.10. The average Bonchev–Trinajstić information content (AvgIpc) is 3.15. The first-order chi connectivity index (χ1) is 11.3. The molecular weight excluding hydrogens is 291 g/mol. The lowest BCUT2D eigenvalue weighted by Gasteiger charge is -2.30. The number of fused-ring (bicyclic) bond motifs is 1. The van der Waals surface area contributed by atoms with E-state index in [1.54, 1.807) is 12.1 Å². The van der Waals surface area contributed by atoms with Gasteiger partial charge in [0, 0.05) is 51.5 Å². The summed E-state index contributed by atoms with van der Waals surface area (Å²) < 4.78 is 18.5. The molecule has 0 saturated carbocycles. The third-order valence-electron chi connectivity index (χ3n) is 5.94. The molecular formula is C19H27FN2O. The molecule has 3 aliphatic heterocycles. The van der Waals surface area contributed by atoms with Gasteiger partial charge >= 0.3 is 0 Å². The molecule has 4 heteroatoms. The van der Waals surface area contributed by atoms with Gasteiger partial charge < -0.3 is 4.74 Å². The molecule has 126 valence electrons. The van der Waals surface area contributed by atoms with Crippen LogP contribution in [0.15, 0.2) is 24.3 Å². The zero-order valence-electron chi connectivity index (χ0n) is 13.8. The summed E-state index contributed by atoms with van der Waals surface area (Å²) in [6, 6.07) is 8.44. The van der Waals surface area contributed by atoms with Gasteiger partial charge in [0.15, 0.2) is 0 Å². The largest absolute Gasteiger partial charge is 0.381 e. The third kappa shape index (κ3) is 3.44. The Hall–Kier alpha value is -0.970. The SMILES string of the molecule is Fc1ccc(CN2CC[C@@H]3[C@@H]2CCN3CC2CCOCC2)cc1. The number of halogens is 1. The molecule has 0 aromatic heterocycles. The van der Waals surface area contributed by atoms with E-state index < -0.39 is 0 Å². The molecule has 2 atom stereocenters. The smallest absolute Gasteiger partial charge is 0.123 e. The average molecular weight is 318 g/mol. The predicted octanol–water partition coefficient (Wildman–Crippen LogP) is 2.90. The van der Waals surface area contributed by atoms with E-state index in [1.165, 1.54) is 50.9 Å². The molecule has 0 unspecified atom stereocenters. The van der Waals surface area contributed by atoms with Crippen LogP contribution in [0.4, 0.5) is 4.39 Å². The van der Waals surface area contributed by atoms with E-state index in [2.05, 4.69) is 9.80 Å². The molecule has 0 N–H and O–H groups in total. The van der Waals surface area contributed by atoms with E-state index in [-0.39, 0.29) is 5.82 Å². The maximum atomic E-state index is 13.1. The van der Waals surface area contributed by atoms with E-state index in [4.69, 9.17) is 4.74 Å². The predicted molar refractivity (Wildman–Crippen MR) is 88.7 cm³/mol. The van der Waals surface area contributed by atoms with Crippen molar-refractivity contribution in [1.29, 1.82) is 0 Å². The van der Waals surface area contributed by atoms with Crippen LogP contribution < -0.4 is 0 Å². The van der Waals surface area contributed by atoms with Crippen LogP contribution in [-0.4, -0.2) is 54.7 Å². The zero-order valence-corrected chi connectivity index (χ0v) is 13.8. The monoisotopic (exact) mass is 318 g/mol. The first kappa shape index (κ1) is 15.6. The van der Waals surface area contributed by atoms with E-state index in [1.807, 2.05) is 12.1 Å². The summed E-state index contributed by atoms with van der Waals surface area (Å²) in [5.74, 6) is 0.685. The third-order valence-corrected chi connectivity index (χ3v) is 5.94. The number of benzene rings is 1. The van der Waals surface area contributed by atoms with E-state index in [9.17, 15) is 4.39 Å². The van der Waals surface area contributed by atoms with Crippen LogP contribution in [0.5, 0.6) is 0 Å². The normalized spacial score (nSPS) is 30.0. The van der Waals surface area contributed by atoms with Crippen molar-refractivity contribution in [2.24, 2.45) is 5.92 Å². The van der Waals surface area contributed by atoms with Gasteiger partial charge in [0.25, 0.3) is 0 Å². The fourth-order valence-corrected chi connectivity index (χ4v) is 4.67. The molecule has 0 bridgehead atoms. The molecule has 0 radical (unpaired) electrons. The van der Waals surface area contributed by atoms with Crippen molar-refractivity contribution in [3.05, 3.63) is 35.6 Å². The lowest BCUT2D eigenvalue weighted by atomic mass is 9.99. The van der Waals surface area contributed by atoms with Gasteiger partial charge in [0.1, 0.15) is 5.82 Å². The Morgan fingerprint density at radius 1 is 0.913 bits per heavy atom. The van der Waals surface area contributed by atoms with Crippen LogP contribution in [0.25, 0.3) is 0 Å². The summed E-state index contributed by atoms with van der Waals surface area (Å²) in [6.07, 6.45) is 5.03. The van der Waals surface area contributed by atoms with Gasteiger partial charge in [-0.2, -0.15) is 0 Å². The number of likely N-dealkylation sites (tertiary alicyclic amines) is 2. The van der Waals surface area contributed by atoms with Gasteiger partial charge in [0.05, 0.1) is 0 Å². The highest BCUT2D eigenvalue weighted by Gasteiger charge is 2.42. The molecule has 1 aromatic rings. The van der Waals surface area contributed by atoms with E-state index >= 15 is 0 Å². The summed E-state index contributed by atoms with van der Waals surface area (Å²) in [6.45, 7) is 6.54. The van der Waals surface area contributed by atoms with Crippen LogP contribution in [0.3, 0.4) is 0 Å². The van der Waals surface area contributed by atoms with Gasteiger partial charge in [0.2, 0.25) is 0 Å². The molecule has 3 nitrogen and oxygen atoms in total. The Morgan fingerprint density at radius 3 is 2.30 bits per heavy atom. The Bertz CT molecular complexity index is 515. The minimum atomic E-state index is -0.142. The van der Waals surface area contributed by atoms with Gasteiger partial charge in [-0.15, -0.1) is 0 Å². The second-order valence-corrected chi connectivity index (χ2v) is 7.36. The number of nitrogens with zero attached hydrogens (tertiary/aromatic N) is 2. The van der Waals surface area contributed by atoms with Gasteiger partial charge in [-0.1, -0.05) is 12.1 Å². The van der Waals surface area contributed by atoms with Crippen LogP contribution >= 0.6 is 0 Å². The molecule has 0 amide bonds. The van der Waals surface area contributed by atoms with Gasteiger partial charge in [-0.05, 0) is 49.3 Å². The van der Waals surface area contributed by atoms with Crippen molar-refractivity contribution in [3.63, 3.8) is 0 Å². The molecule has 1 aromatic carbocycles. The Morgan fingerprint density at radius 2 is 1.57 bits per heavy atom. The lowest BCUT2D eigenvalue weighted by Crippen LogP contribution is -2.39. The van der Waals surface area contributed by atoms with Gasteiger partial charge in [-0.3, -0.25) is 9.80 Å². The van der Waals surface area contributed by atoms with E-state index in [0.717, 1.165) is 31.7 Å². The molecule has 3 fully saturated rings. The minimum Gasteiger partial charge on any atom is -0.381 e. The Kier molecular flexibility index (Phi) is 4.65. The van der Waals surface area contributed by atoms with Crippen molar-refractivity contribution in [1.82, 2.24) is 9.80 Å². The van der Waals surface area contributed by atoms with Crippen LogP contribution in [0.2, 0.25) is 0 Å². The molecule has 3 heterocycles. The quantitative estimate of drug-likeness (QED) is 0.849. The van der Waals surface area contributed by atoms with Crippen molar-refractivity contribution < 1.29 is 9.13 Å². The topological polar surface area (TPSA) is 15.7 Å². The summed E-state index contributed by atoms with van der Waals surface area (Å²) >= 11 is 0. The maximum absolute atomic E-state index is 13.1. The highest BCUT2D eigenvalue weighted by Crippen LogP contribution is 2.34. The van der Waals surface area contributed by atoms with E-state index in [0.29, 0.717) is 6.04 Å². The fourth-order valence-electron chi connectivity index (χ4n) is 4.67. The highest BCUT2D eigenvalue weighted by atomic mass is 19.1. The van der Waals surface area contributed by atoms with Crippen molar-refractivity contribution >= 4 is 0 Å². The van der Waals surface area contributed by atoms with Crippen LogP contribution in [0, 0.1) is 11.7 Å². The highest BCUT2D eigenvalue weighted by molar-refractivity contribution is 5.17. The Balaban J connectivity index is 1.34. The summed E-state index contributed by atoms with van der Waals surface area (Å²) in [5, 5.41) is 0. The summed E-state index contributed by atoms with van der Waals surface area (Å²) in [7, 11) is 0. The molecule has 4 rings (SSSR count). The van der Waals surface area contributed by atoms with Crippen molar-refractivity contribution in [2.75, 3.05) is 32.8 Å². The summed E-state index contributed by atoms with van der Waals surface area (Å²) in [4.78, 5) is 5.35. The molecule has 3 aliphatic rings. The number of hydrogen-bond donors (Lipinski definition) is 0. The van der Waals surface area contributed by atoms with Gasteiger partial charge in [-0.25, -0.2) is 4.39 Å². The number of hydrogen-bond acceptors (Lipinski definition) is 3. The minimum absolute atomic E-state index is 0.142. The summed E-state index contributed by atoms with van der Waals surface area (Å²) in [5.41, 5.74) is 1.23. The molecule has 3 saturated heterocycles. The van der Waals surface area contributed by atoms with Crippen molar-refractivity contribution in [3.8, 4) is 0 Å². The lowest BCUT2D eigenvalue weighted by molar-refractivity contribution is 0.0504. The molecule has 0 spiro atoms. The maximum Gasteiger partial charge on any atom is 0.123 e. The van der Waals surface area contributed by atoms with Crippen LogP contribution in [-0.2, 0) is 11.3 Å². The van der Waals surface area contributed by atoms with Crippen molar-refractivity contribution in [2.45, 2.75) is 44.3 Å². The standard InChI is InChI=1S/C19H27FN2O/c20-17-3-1-15(2-4-17)13-21-9-5-19-18(21)6-10-22(19)14-16-7-11-23-12-8-16/h1-4,16,18-19H,5-14H2/t18-,19+/m0/s1. The number of ether oxygens (including phenoxy) is 1. The second kappa shape index (κ2) is 6.88.